The molecule has 0 saturated heterocycles. The summed E-state index contributed by atoms with van der Waals surface area (Å²) >= 11 is 6.28. The van der Waals surface area contributed by atoms with Crippen molar-refractivity contribution in [1.29, 1.82) is 0 Å². The fourth-order valence-electron chi connectivity index (χ4n) is 4.87. The number of pyridine rings is 1. The summed E-state index contributed by atoms with van der Waals surface area (Å²) in [6, 6.07) is 10.9. The Morgan fingerprint density at radius 2 is 2.00 bits per heavy atom. The second kappa shape index (κ2) is 8.58. The molecule has 11 nitrogen and oxygen atoms in total. The van der Waals surface area contributed by atoms with Gasteiger partial charge in [-0.05, 0) is 36.8 Å². The molecule has 0 amide bonds. The minimum atomic E-state index is -1.37. The van der Waals surface area contributed by atoms with Crippen LogP contribution in [0.25, 0.3) is 22.1 Å². The molecule has 190 valence electrons. The third kappa shape index (κ3) is 3.91. The highest BCUT2D eigenvalue weighted by Crippen LogP contribution is 2.48. The standard InChI is InChI=1S/C25H24ClN7O4/c1-31-20-21(30-24(31)29-12-6-7-27-19(9-12)14-10-15(14)23(35)36)32(2)25(37)33(22(20)34)11-13-8-16-17(26)4-3-5-18(16)28-13/h3-9,14-15,23,28,35-36H,10-11H2,1-2H3,(H,27,29,30)/t14-,15-/m0/s1. The normalized spacial score (nSPS) is 17.2. The van der Waals surface area contributed by atoms with Gasteiger partial charge < -0.3 is 25.1 Å². The zero-order chi connectivity index (χ0) is 26.0. The summed E-state index contributed by atoms with van der Waals surface area (Å²) in [6.45, 7) is 0.0490. The Balaban J connectivity index is 1.37. The molecule has 1 fully saturated rings. The average Bonchev–Trinajstić information content (AvgIpc) is 3.48. The summed E-state index contributed by atoms with van der Waals surface area (Å²) in [4.78, 5) is 38.7. The van der Waals surface area contributed by atoms with Gasteiger partial charge in [0.25, 0.3) is 5.56 Å². The third-order valence-corrected chi connectivity index (χ3v) is 7.32. The van der Waals surface area contributed by atoms with E-state index >= 15 is 0 Å². The monoisotopic (exact) mass is 521 g/mol. The number of aromatic amines is 1. The van der Waals surface area contributed by atoms with Crippen LogP contribution in [0.5, 0.6) is 0 Å². The number of H-pyrrole nitrogens is 1. The van der Waals surface area contributed by atoms with Crippen LogP contribution >= 0.6 is 11.6 Å². The summed E-state index contributed by atoms with van der Waals surface area (Å²) in [5, 5.41) is 23.4. The van der Waals surface area contributed by atoms with E-state index in [2.05, 4.69) is 20.3 Å². The maximum atomic E-state index is 13.5. The van der Waals surface area contributed by atoms with Gasteiger partial charge in [0.15, 0.2) is 17.5 Å². The number of fused-ring (bicyclic) bond motifs is 2. The molecule has 0 unspecified atom stereocenters. The van der Waals surface area contributed by atoms with Crippen LogP contribution in [0.4, 0.5) is 11.6 Å². The van der Waals surface area contributed by atoms with Crippen molar-refractivity contribution in [1.82, 2.24) is 28.7 Å². The second-order valence-corrected chi connectivity index (χ2v) is 9.82. The lowest BCUT2D eigenvalue weighted by atomic mass is 10.2. The average molecular weight is 522 g/mol. The Bertz CT molecular complexity index is 1800. The number of aromatic nitrogens is 6. The van der Waals surface area contributed by atoms with E-state index in [9.17, 15) is 19.8 Å². The smallest absolute Gasteiger partial charge is 0.332 e. The third-order valence-electron chi connectivity index (χ3n) is 7.00. The van der Waals surface area contributed by atoms with Gasteiger partial charge in [0.2, 0.25) is 5.95 Å². The van der Waals surface area contributed by atoms with Crippen LogP contribution in [-0.4, -0.2) is 45.2 Å². The molecule has 1 aliphatic carbocycles. The number of nitrogens with zero attached hydrogens (tertiary/aromatic N) is 5. The SMILES string of the molecule is Cn1c(Nc2ccnc([C@H]3C[C@@H]3C(O)O)c2)nc2c1c(=O)n(Cc1cc3c(Cl)cccc3[nH]1)c(=O)n2C. The number of hydrogen-bond donors (Lipinski definition) is 4. The highest BCUT2D eigenvalue weighted by atomic mass is 35.5. The molecule has 5 aromatic rings. The van der Waals surface area contributed by atoms with E-state index in [1.54, 1.807) is 37.0 Å². The Morgan fingerprint density at radius 1 is 1.19 bits per heavy atom. The number of nitrogens with one attached hydrogen (secondary N) is 2. The fourth-order valence-corrected chi connectivity index (χ4v) is 5.10. The van der Waals surface area contributed by atoms with Crippen molar-refractivity contribution in [2.45, 2.75) is 25.2 Å². The molecule has 4 N–H and O–H groups in total. The Kier molecular flexibility index (Phi) is 5.44. The maximum Gasteiger partial charge on any atom is 0.332 e. The number of benzene rings is 1. The molecule has 6 rings (SSSR count). The highest BCUT2D eigenvalue weighted by molar-refractivity contribution is 6.35. The van der Waals surface area contributed by atoms with Crippen molar-refractivity contribution >= 4 is 45.3 Å². The van der Waals surface area contributed by atoms with E-state index in [0.29, 0.717) is 28.8 Å². The first-order chi connectivity index (χ1) is 17.7. The van der Waals surface area contributed by atoms with Crippen LogP contribution in [-0.2, 0) is 20.6 Å². The molecular formula is C25H24ClN7O4. The van der Waals surface area contributed by atoms with Gasteiger partial charge in [0, 0.05) is 65.1 Å². The lowest BCUT2D eigenvalue weighted by Crippen LogP contribution is -2.39. The summed E-state index contributed by atoms with van der Waals surface area (Å²) in [6.07, 6.45) is 0.924. The van der Waals surface area contributed by atoms with E-state index in [0.717, 1.165) is 16.6 Å². The van der Waals surface area contributed by atoms with Gasteiger partial charge >= 0.3 is 5.69 Å². The number of aliphatic hydroxyl groups is 2. The summed E-state index contributed by atoms with van der Waals surface area (Å²) in [5.74, 6) is 0.137. The van der Waals surface area contributed by atoms with Crippen LogP contribution in [0.15, 0.2) is 52.2 Å². The van der Waals surface area contributed by atoms with Gasteiger partial charge in [-0.2, -0.15) is 4.98 Å². The van der Waals surface area contributed by atoms with Gasteiger partial charge in [0.05, 0.1) is 6.54 Å². The number of imidazole rings is 1. The van der Waals surface area contributed by atoms with Gasteiger partial charge in [-0.15, -0.1) is 0 Å². The summed E-state index contributed by atoms with van der Waals surface area (Å²) in [5.41, 5.74) is 2.52. The quantitative estimate of drug-likeness (QED) is 0.251. The van der Waals surface area contributed by atoms with Crippen LogP contribution < -0.4 is 16.6 Å². The van der Waals surface area contributed by atoms with Gasteiger partial charge in [-0.25, -0.2) is 4.79 Å². The zero-order valence-corrected chi connectivity index (χ0v) is 20.8. The lowest BCUT2D eigenvalue weighted by molar-refractivity contribution is -0.0578. The molecule has 1 aliphatic rings. The van der Waals surface area contributed by atoms with Crippen molar-refractivity contribution < 1.29 is 10.2 Å². The zero-order valence-electron chi connectivity index (χ0n) is 20.0. The van der Waals surface area contributed by atoms with E-state index in [1.165, 1.54) is 9.13 Å². The van der Waals surface area contributed by atoms with E-state index in [1.807, 2.05) is 24.3 Å². The van der Waals surface area contributed by atoms with Crippen molar-refractivity contribution in [3.05, 3.63) is 79.8 Å². The maximum absolute atomic E-state index is 13.5. The molecule has 0 bridgehead atoms. The van der Waals surface area contributed by atoms with Gasteiger partial charge in [0.1, 0.15) is 0 Å². The van der Waals surface area contributed by atoms with Gasteiger partial charge in [-0.1, -0.05) is 17.7 Å². The highest BCUT2D eigenvalue weighted by Gasteiger charge is 2.44. The first-order valence-corrected chi connectivity index (χ1v) is 12.1. The topological polar surface area (TPSA) is 143 Å². The van der Waals surface area contributed by atoms with Crippen LogP contribution in [0.2, 0.25) is 5.02 Å². The number of aliphatic hydroxyl groups excluding tert-OH is 1. The Morgan fingerprint density at radius 3 is 2.73 bits per heavy atom. The molecule has 4 heterocycles. The van der Waals surface area contributed by atoms with E-state index in [4.69, 9.17) is 11.6 Å². The van der Waals surface area contributed by atoms with Gasteiger partial charge in [-0.3, -0.25) is 18.9 Å². The summed E-state index contributed by atoms with van der Waals surface area (Å²) < 4.78 is 4.14. The van der Waals surface area contributed by atoms with Crippen molar-refractivity contribution in [2.24, 2.45) is 20.0 Å². The van der Waals surface area contributed by atoms with Crippen molar-refractivity contribution in [3.63, 3.8) is 0 Å². The van der Waals surface area contributed by atoms with Crippen LogP contribution in [0.3, 0.4) is 0 Å². The van der Waals surface area contributed by atoms with Crippen molar-refractivity contribution in [3.8, 4) is 0 Å². The molecule has 4 aromatic heterocycles. The van der Waals surface area contributed by atoms with E-state index < -0.39 is 17.5 Å². The van der Waals surface area contributed by atoms with Crippen LogP contribution in [0.1, 0.15) is 23.7 Å². The predicted octanol–water partition coefficient (Wildman–Crippen LogP) is 2.17. The molecule has 12 heteroatoms. The largest absolute Gasteiger partial charge is 0.368 e. The molecule has 37 heavy (non-hydrogen) atoms. The number of rotatable bonds is 6. The van der Waals surface area contributed by atoms with Crippen LogP contribution in [0, 0.1) is 5.92 Å². The number of anilines is 2. The first kappa shape index (κ1) is 23.5. The number of hydrogen-bond acceptors (Lipinski definition) is 7. The Labute approximate surface area is 214 Å². The fraction of sp³-hybridized carbons (Fsp3) is 0.280. The molecule has 0 spiro atoms. The minimum Gasteiger partial charge on any atom is -0.368 e. The second-order valence-electron chi connectivity index (χ2n) is 9.41. The number of aryl methyl sites for hydroxylation is 2. The van der Waals surface area contributed by atoms with E-state index in [-0.39, 0.29) is 29.5 Å². The Hall–Kier alpha value is -3.93. The van der Waals surface area contributed by atoms with Crippen molar-refractivity contribution in [2.75, 3.05) is 5.32 Å². The lowest BCUT2D eigenvalue weighted by Gasteiger charge is -2.09. The molecule has 2 atom stereocenters. The molecule has 0 radical (unpaired) electrons. The minimum absolute atomic E-state index is 0.0188. The predicted molar refractivity (Wildman–Crippen MR) is 139 cm³/mol. The number of halogens is 1. The first-order valence-electron chi connectivity index (χ1n) is 11.7. The summed E-state index contributed by atoms with van der Waals surface area (Å²) in [7, 11) is 3.29. The molecule has 1 aromatic carbocycles. The molecule has 0 aliphatic heterocycles. The molecular weight excluding hydrogens is 498 g/mol. The molecule has 1 saturated carbocycles.